The minimum atomic E-state index is -4.34. The highest BCUT2D eigenvalue weighted by atomic mass is 31.2. The van der Waals surface area contributed by atoms with Gasteiger partial charge in [0.25, 0.3) is 0 Å². The number of aliphatic hydroxyl groups is 1. The Morgan fingerprint density at radius 1 is 0.723 bits per heavy atom. The van der Waals surface area contributed by atoms with E-state index in [1.807, 2.05) is 27.2 Å². The molecule has 0 bridgehead atoms. The predicted molar refractivity (Wildman–Crippen MR) is 198 cm³/mol. The van der Waals surface area contributed by atoms with Crippen LogP contribution in [-0.4, -0.2) is 73.4 Å². The molecule has 0 saturated heterocycles. The van der Waals surface area contributed by atoms with Crippen LogP contribution >= 0.6 is 7.82 Å². The summed E-state index contributed by atoms with van der Waals surface area (Å²) in [5, 5.41) is 13.6. The molecule has 9 heteroatoms. The molecule has 0 aliphatic heterocycles. The van der Waals surface area contributed by atoms with E-state index in [9.17, 15) is 19.4 Å². The standard InChI is InChI=1S/C38H73N2O6P/c1-6-8-10-12-14-16-18-19-20-21-22-24-26-28-30-32-38(42)39-36(35-46-47(43,44)45-34-33-40(3,4)5)37(41)31-29-27-25-23-17-15-13-11-9-7-2/h19-20,25,27,29,31,36-37,41H,6-18,21-24,26,28,30,32-35H2,1-5H3,(H-,39,42,43,44)/p+1/b20-19+,27-25+,31-29+/t36-,37+/m0/s1. The Labute approximate surface area is 289 Å². The van der Waals surface area contributed by atoms with E-state index in [0.717, 1.165) is 44.9 Å². The zero-order valence-electron chi connectivity index (χ0n) is 31.0. The van der Waals surface area contributed by atoms with E-state index in [-0.39, 0.29) is 19.1 Å². The number of hydrogen-bond acceptors (Lipinski definition) is 5. The lowest BCUT2D eigenvalue weighted by Gasteiger charge is -2.25. The summed E-state index contributed by atoms with van der Waals surface area (Å²) < 4.78 is 23.4. The van der Waals surface area contributed by atoms with Crippen molar-refractivity contribution in [2.24, 2.45) is 0 Å². The number of allylic oxidation sites excluding steroid dienone is 5. The molecule has 8 nitrogen and oxygen atoms in total. The SMILES string of the molecule is CCCCCCCC/C=C/C=C/[C@@H](O)[C@H](COP(=O)(O)OCC[N+](C)(C)C)NC(=O)CCCCCCC/C=C/CCCCCCCC. The third kappa shape index (κ3) is 33.0. The number of unbranched alkanes of at least 4 members (excludes halogenated alkanes) is 17. The average Bonchev–Trinajstić information content (AvgIpc) is 3.01. The Morgan fingerprint density at radius 3 is 1.74 bits per heavy atom. The van der Waals surface area contributed by atoms with Gasteiger partial charge in [-0.1, -0.05) is 134 Å². The topological polar surface area (TPSA) is 105 Å². The first-order valence-electron chi connectivity index (χ1n) is 18.9. The summed E-state index contributed by atoms with van der Waals surface area (Å²) in [7, 11) is 1.53. The van der Waals surface area contributed by atoms with Crippen LogP contribution < -0.4 is 5.32 Å². The Kier molecular flexibility index (Phi) is 29.9. The molecule has 3 atom stereocenters. The van der Waals surface area contributed by atoms with Crippen LogP contribution in [0.1, 0.15) is 149 Å². The Bertz CT molecular complexity index is 871. The first-order chi connectivity index (χ1) is 22.5. The van der Waals surface area contributed by atoms with Gasteiger partial charge in [0.15, 0.2) is 0 Å². The van der Waals surface area contributed by atoms with Crippen molar-refractivity contribution < 1.29 is 32.9 Å². The van der Waals surface area contributed by atoms with Crippen molar-refractivity contribution in [2.75, 3.05) is 40.9 Å². The summed E-state index contributed by atoms with van der Waals surface area (Å²) in [6.45, 7) is 4.70. The summed E-state index contributed by atoms with van der Waals surface area (Å²) in [4.78, 5) is 22.9. The number of carbonyl (C=O) groups is 1. The third-order valence-electron chi connectivity index (χ3n) is 8.14. The predicted octanol–water partition coefficient (Wildman–Crippen LogP) is 9.57. The molecule has 47 heavy (non-hydrogen) atoms. The fraction of sp³-hybridized carbons (Fsp3) is 0.816. The number of aliphatic hydroxyl groups excluding tert-OH is 1. The number of amides is 1. The van der Waals surface area contributed by atoms with E-state index in [2.05, 4.69) is 37.4 Å². The Hall–Kier alpha value is -1.28. The highest BCUT2D eigenvalue weighted by molar-refractivity contribution is 7.47. The van der Waals surface area contributed by atoms with Crippen molar-refractivity contribution in [3.8, 4) is 0 Å². The van der Waals surface area contributed by atoms with E-state index in [1.54, 1.807) is 12.2 Å². The van der Waals surface area contributed by atoms with Crippen molar-refractivity contribution >= 4 is 13.7 Å². The zero-order chi connectivity index (χ0) is 35.1. The van der Waals surface area contributed by atoms with Crippen molar-refractivity contribution in [3.63, 3.8) is 0 Å². The minimum absolute atomic E-state index is 0.0512. The van der Waals surface area contributed by atoms with Crippen LogP contribution in [0, 0.1) is 0 Å². The van der Waals surface area contributed by atoms with Gasteiger partial charge >= 0.3 is 7.82 Å². The van der Waals surface area contributed by atoms with Crippen molar-refractivity contribution in [3.05, 3.63) is 36.5 Å². The second kappa shape index (κ2) is 30.8. The Morgan fingerprint density at radius 2 is 1.21 bits per heavy atom. The van der Waals surface area contributed by atoms with Crippen molar-refractivity contribution in [1.29, 1.82) is 0 Å². The molecule has 0 radical (unpaired) electrons. The third-order valence-corrected chi connectivity index (χ3v) is 9.12. The normalized spacial score (nSPS) is 15.1. The highest BCUT2D eigenvalue weighted by Gasteiger charge is 2.27. The first-order valence-corrected chi connectivity index (χ1v) is 20.4. The van der Waals surface area contributed by atoms with Crippen LogP contribution in [0.2, 0.25) is 0 Å². The number of phosphoric acid groups is 1. The lowest BCUT2D eigenvalue weighted by atomic mass is 10.1. The van der Waals surface area contributed by atoms with E-state index >= 15 is 0 Å². The van der Waals surface area contributed by atoms with Gasteiger partial charge in [0.1, 0.15) is 13.2 Å². The highest BCUT2D eigenvalue weighted by Crippen LogP contribution is 2.43. The Balaban J connectivity index is 4.58. The second-order valence-electron chi connectivity index (χ2n) is 14.0. The van der Waals surface area contributed by atoms with Gasteiger partial charge in [-0.2, -0.15) is 0 Å². The summed E-state index contributed by atoms with van der Waals surface area (Å²) in [5.74, 6) is -0.207. The molecule has 1 amide bonds. The molecule has 0 aliphatic rings. The lowest BCUT2D eigenvalue weighted by molar-refractivity contribution is -0.870. The second-order valence-corrected chi connectivity index (χ2v) is 15.4. The number of hydrogen-bond donors (Lipinski definition) is 3. The number of carbonyl (C=O) groups excluding carboxylic acids is 1. The maximum atomic E-state index is 12.8. The molecule has 0 saturated carbocycles. The maximum absolute atomic E-state index is 12.8. The number of nitrogens with zero attached hydrogens (tertiary/aromatic N) is 1. The molecular formula is C38H74N2O6P+. The van der Waals surface area contributed by atoms with Crippen LogP contribution in [0.15, 0.2) is 36.5 Å². The van der Waals surface area contributed by atoms with Gasteiger partial charge in [-0.3, -0.25) is 13.8 Å². The van der Waals surface area contributed by atoms with E-state index in [1.165, 1.54) is 83.5 Å². The molecule has 0 fully saturated rings. The quantitative estimate of drug-likeness (QED) is 0.0209. The van der Waals surface area contributed by atoms with Gasteiger partial charge < -0.3 is 19.8 Å². The van der Waals surface area contributed by atoms with Gasteiger partial charge in [-0.15, -0.1) is 0 Å². The molecule has 0 aliphatic carbocycles. The molecular weight excluding hydrogens is 611 g/mol. The smallest absolute Gasteiger partial charge is 0.387 e. The fourth-order valence-corrected chi connectivity index (χ4v) is 5.77. The van der Waals surface area contributed by atoms with Gasteiger partial charge in [0.2, 0.25) is 5.91 Å². The van der Waals surface area contributed by atoms with Crippen LogP contribution in [0.4, 0.5) is 0 Å². The van der Waals surface area contributed by atoms with Gasteiger partial charge in [0, 0.05) is 6.42 Å². The van der Waals surface area contributed by atoms with Crippen LogP contribution in [-0.2, 0) is 18.4 Å². The maximum Gasteiger partial charge on any atom is 0.472 e. The van der Waals surface area contributed by atoms with Crippen LogP contribution in [0.25, 0.3) is 0 Å². The minimum Gasteiger partial charge on any atom is -0.387 e. The molecule has 0 aromatic rings. The summed E-state index contributed by atoms with van der Waals surface area (Å²) in [6.07, 6.45) is 35.1. The monoisotopic (exact) mass is 686 g/mol. The molecule has 3 N–H and O–H groups in total. The first kappa shape index (κ1) is 45.7. The molecule has 0 aromatic carbocycles. The number of quaternary nitrogens is 1. The van der Waals surface area contributed by atoms with E-state index < -0.39 is 20.0 Å². The number of rotatable bonds is 33. The van der Waals surface area contributed by atoms with Crippen molar-refractivity contribution in [2.45, 2.75) is 161 Å². The fourth-order valence-electron chi connectivity index (χ4n) is 5.03. The summed E-state index contributed by atoms with van der Waals surface area (Å²) in [5.41, 5.74) is 0. The number of nitrogens with one attached hydrogen (secondary N) is 1. The average molecular weight is 686 g/mol. The van der Waals surface area contributed by atoms with E-state index in [4.69, 9.17) is 9.05 Å². The summed E-state index contributed by atoms with van der Waals surface area (Å²) in [6, 6.07) is -0.878. The van der Waals surface area contributed by atoms with Crippen LogP contribution in [0.5, 0.6) is 0 Å². The zero-order valence-corrected chi connectivity index (χ0v) is 31.9. The largest absolute Gasteiger partial charge is 0.472 e. The molecule has 276 valence electrons. The molecule has 0 rings (SSSR count). The van der Waals surface area contributed by atoms with Gasteiger partial charge in [-0.05, 0) is 44.9 Å². The summed E-state index contributed by atoms with van der Waals surface area (Å²) >= 11 is 0. The molecule has 0 heterocycles. The van der Waals surface area contributed by atoms with Crippen LogP contribution in [0.3, 0.4) is 0 Å². The lowest BCUT2D eigenvalue weighted by Crippen LogP contribution is -2.45. The molecule has 0 spiro atoms. The van der Waals surface area contributed by atoms with Gasteiger partial charge in [0.05, 0.1) is 39.9 Å². The molecule has 1 unspecified atom stereocenters. The molecule has 0 aromatic heterocycles. The number of likely N-dealkylation sites (N-methyl/N-ethyl adjacent to an activating group) is 1. The number of phosphoric ester groups is 1. The van der Waals surface area contributed by atoms with Crippen molar-refractivity contribution in [1.82, 2.24) is 5.32 Å². The van der Waals surface area contributed by atoms with Gasteiger partial charge in [-0.25, -0.2) is 4.57 Å². The van der Waals surface area contributed by atoms with E-state index in [0.29, 0.717) is 17.4 Å².